The average molecular weight is 586 g/mol. The van der Waals surface area contributed by atoms with Crippen molar-refractivity contribution < 1.29 is 29.0 Å². The van der Waals surface area contributed by atoms with Gasteiger partial charge in [-0.05, 0) is 68.4 Å². The van der Waals surface area contributed by atoms with Crippen molar-refractivity contribution in [3.8, 4) is 11.5 Å². The van der Waals surface area contributed by atoms with E-state index in [9.17, 15) is 19.5 Å². The van der Waals surface area contributed by atoms with Crippen molar-refractivity contribution >= 4 is 75.6 Å². The van der Waals surface area contributed by atoms with Gasteiger partial charge in [0.15, 0.2) is 12.2 Å². The first-order valence-electron chi connectivity index (χ1n) is 10.7. The van der Waals surface area contributed by atoms with Gasteiger partial charge < -0.3 is 25.2 Å². The van der Waals surface area contributed by atoms with Crippen LogP contribution < -0.4 is 20.1 Å². The molecule has 0 aliphatic rings. The number of nitrogens with one attached hydrogen (secondary N) is 2. The van der Waals surface area contributed by atoms with Crippen LogP contribution in [0.5, 0.6) is 11.5 Å². The molecule has 0 radical (unpaired) electrons. The molecule has 0 saturated carbocycles. The SMILES string of the molecule is CC(Oc1ccc(Cl)cc1Cl)C(=O)Nc1cc(NC(=O)C(C)Oc2ccc(Cl)cc2Cl)cc(C(=O)O)c1. The van der Waals surface area contributed by atoms with E-state index >= 15 is 0 Å². The Labute approximate surface area is 232 Å². The van der Waals surface area contributed by atoms with Crippen molar-refractivity contribution in [2.24, 2.45) is 0 Å². The molecule has 0 fully saturated rings. The number of carbonyl (C=O) groups is 3. The number of anilines is 2. The molecule has 2 atom stereocenters. The fourth-order valence-electron chi connectivity index (χ4n) is 3.01. The van der Waals surface area contributed by atoms with Gasteiger partial charge in [0, 0.05) is 21.4 Å². The molecule has 0 aliphatic heterocycles. The monoisotopic (exact) mass is 584 g/mol. The Bertz CT molecular complexity index is 1260. The summed E-state index contributed by atoms with van der Waals surface area (Å²) in [4.78, 5) is 37.0. The lowest BCUT2D eigenvalue weighted by atomic mass is 10.1. The number of carboxylic acids is 1. The number of carbonyl (C=O) groups excluding carboxylic acids is 2. The summed E-state index contributed by atoms with van der Waals surface area (Å²) in [6, 6.07) is 13.0. The smallest absolute Gasteiger partial charge is 0.335 e. The first kappa shape index (κ1) is 28.4. The number of aromatic carboxylic acids is 1. The van der Waals surface area contributed by atoms with Crippen LogP contribution in [0.3, 0.4) is 0 Å². The van der Waals surface area contributed by atoms with Crippen LogP contribution in [-0.4, -0.2) is 35.1 Å². The van der Waals surface area contributed by atoms with Crippen LogP contribution in [0, 0.1) is 0 Å². The fourth-order valence-corrected chi connectivity index (χ4v) is 3.92. The maximum Gasteiger partial charge on any atom is 0.335 e. The molecule has 0 spiro atoms. The molecule has 0 saturated heterocycles. The van der Waals surface area contributed by atoms with E-state index in [1.807, 2.05) is 0 Å². The van der Waals surface area contributed by atoms with Gasteiger partial charge in [-0.15, -0.1) is 0 Å². The second kappa shape index (κ2) is 12.4. The molecule has 0 aliphatic carbocycles. The number of amides is 2. The Morgan fingerprint density at radius 2 is 1.11 bits per heavy atom. The van der Waals surface area contributed by atoms with Crippen molar-refractivity contribution in [3.63, 3.8) is 0 Å². The van der Waals surface area contributed by atoms with Crippen LogP contribution in [0.4, 0.5) is 11.4 Å². The number of hydrogen-bond acceptors (Lipinski definition) is 5. The minimum absolute atomic E-state index is 0.118. The van der Waals surface area contributed by atoms with E-state index in [0.717, 1.165) is 0 Å². The molecular weight excluding hydrogens is 566 g/mol. The summed E-state index contributed by atoms with van der Waals surface area (Å²) in [6.45, 7) is 2.98. The van der Waals surface area contributed by atoms with Crippen molar-refractivity contribution in [3.05, 3.63) is 80.3 Å². The zero-order chi connectivity index (χ0) is 27.3. The summed E-state index contributed by atoms with van der Waals surface area (Å²) in [5.74, 6) is -1.94. The summed E-state index contributed by atoms with van der Waals surface area (Å²) in [5, 5.41) is 15.9. The van der Waals surface area contributed by atoms with Crippen LogP contribution in [0.25, 0.3) is 0 Å². The Morgan fingerprint density at radius 3 is 1.46 bits per heavy atom. The predicted octanol–water partition coefficient (Wildman–Crippen LogP) is 6.81. The van der Waals surface area contributed by atoms with Crippen LogP contribution >= 0.6 is 46.4 Å². The molecule has 2 unspecified atom stereocenters. The third-order valence-corrected chi connectivity index (χ3v) is 5.91. The summed E-state index contributed by atoms with van der Waals surface area (Å²) in [6.07, 6.45) is -1.99. The second-order valence-corrected chi connectivity index (χ2v) is 9.44. The number of halogens is 4. The van der Waals surface area contributed by atoms with Crippen molar-refractivity contribution in [1.29, 1.82) is 0 Å². The van der Waals surface area contributed by atoms with Gasteiger partial charge in [-0.3, -0.25) is 9.59 Å². The Kier molecular flexibility index (Phi) is 9.50. The summed E-state index contributed by atoms with van der Waals surface area (Å²) < 4.78 is 11.2. The lowest BCUT2D eigenvalue weighted by Crippen LogP contribution is -2.31. The first-order chi connectivity index (χ1) is 17.4. The molecule has 0 aromatic heterocycles. The van der Waals surface area contributed by atoms with E-state index in [4.69, 9.17) is 55.9 Å². The molecule has 0 bridgehead atoms. The van der Waals surface area contributed by atoms with Gasteiger partial charge in [-0.1, -0.05) is 46.4 Å². The van der Waals surface area contributed by atoms with E-state index in [0.29, 0.717) is 10.0 Å². The van der Waals surface area contributed by atoms with Gasteiger partial charge in [0.05, 0.1) is 15.6 Å². The highest BCUT2D eigenvalue weighted by molar-refractivity contribution is 6.36. The van der Waals surface area contributed by atoms with Gasteiger partial charge in [-0.25, -0.2) is 4.79 Å². The summed E-state index contributed by atoms with van der Waals surface area (Å²) in [7, 11) is 0. The standard InChI is InChI=1S/C25H20Cl4N2O6/c1-12(36-21-5-3-15(26)9-19(21)28)23(32)30-17-7-14(25(34)35)8-18(11-17)31-24(33)13(2)37-22-6-4-16(27)10-20(22)29/h3-13H,1-2H3,(H,30,32)(H,31,33)(H,34,35). The number of carboxylic acid groups (broad SMARTS) is 1. The third kappa shape index (κ3) is 7.90. The molecule has 8 nitrogen and oxygen atoms in total. The molecule has 3 aromatic rings. The van der Waals surface area contributed by atoms with Crippen molar-refractivity contribution in [2.45, 2.75) is 26.1 Å². The van der Waals surface area contributed by atoms with Gasteiger partial charge in [0.25, 0.3) is 11.8 Å². The van der Waals surface area contributed by atoms with Crippen LogP contribution in [0.15, 0.2) is 54.6 Å². The number of ether oxygens (including phenoxy) is 2. The topological polar surface area (TPSA) is 114 Å². The zero-order valence-electron chi connectivity index (χ0n) is 19.4. The van der Waals surface area contributed by atoms with Crippen molar-refractivity contribution in [2.75, 3.05) is 10.6 Å². The Hall–Kier alpha value is -3.17. The Morgan fingerprint density at radius 1 is 0.703 bits per heavy atom. The second-order valence-electron chi connectivity index (χ2n) is 7.75. The van der Waals surface area contributed by atoms with E-state index in [2.05, 4.69) is 10.6 Å². The van der Waals surface area contributed by atoms with E-state index < -0.39 is 30.0 Å². The Balaban J connectivity index is 1.72. The summed E-state index contributed by atoms with van der Waals surface area (Å²) in [5.41, 5.74) is 0.0658. The average Bonchev–Trinajstić information content (AvgIpc) is 2.82. The van der Waals surface area contributed by atoms with E-state index in [1.54, 1.807) is 12.1 Å². The number of hydrogen-bond donors (Lipinski definition) is 3. The predicted molar refractivity (Wildman–Crippen MR) is 144 cm³/mol. The maximum atomic E-state index is 12.7. The number of rotatable bonds is 9. The minimum Gasteiger partial charge on any atom is -0.479 e. The highest BCUT2D eigenvalue weighted by Gasteiger charge is 2.20. The molecular formula is C25H20Cl4N2O6. The van der Waals surface area contributed by atoms with E-state index in [-0.39, 0.29) is 38.5 Å². The minimum atomic E-state index is -1.26. The molecule has 2 amide bonds. The normalized spacial score (nSPS) is 12.3. The zero-order valence-corrected chi connectivity index (χ0v) is 22.4. The molecule has 3 aromatic carbocycles. The van der Waals surface area contributed by atoms with Crippen molar-refractivity contribution in [1.82, 2.24) is 0 Å². The summed E-state index contributed by atoms with van der Waals surface area (Å²) >= 11 is 23.9. The molecule has 37 heavy (non-hydrogen) atoms. The van der Waals surface area contributed by atoms with E-state index in [1.165, 1.54) is 56.3 Å². The van der Waals surface area contributed by atoms with Gasteiger partial charge in [0.1, 0.15) is 11.5 Å². The lowest BCUT2D eigenvalue weighted by Gasteiger charge is -2.18. The van der Waals surface area contributed by atoms with Crippen LogP contribution in [0.1, 0.15) is 24.2 Å². The lowest BCUT2D eigenvalue weighted by molar-refractivity contribution is -0.122. The largest absolute Gasteiger partial charge is 0.479 e. The highest BCUT2D eigenvalue weighted by Crippen LogP contribution is 2.30. The van der Waals surface area contributed by atoms with Gasteiger partial charge in [-0.2, -0.15) is 0 Å². The highest BCUT2D eigenvalue weighted by atomic mass is 35.5. The third-order valence-electron chi connectivity index (χ3n) is 4.85. The maximum absolute atomic E-state index is 12.7. The quantitative estimate of drug-likeness (QED) is 0.254. The molecule has 0 heterocycles. The van der Waals surface area contributed by atoms with Gasteiger partial charge >= 0.3 is 5.97 Å². The molecule has 194 valence electrons. The van der Waals surface area contributed by atoms with Crippen LogP contribution in [0.2, 0.25) is 20.1 Å². The molecule has 12 heteroatoms. The molecule has 3 rings (SSSR count). The first-order valence-corrected chi connectivity index (χ1v) is 12.2. The number of benzene rings is 3. The molecule has 3 N–H and O–H groups in total. The van der Waals surface area contributed by atoms with Gasteiger partial charge in [0.2, 0.25) is 0 Å². The fraction of sp³-hybridized carbons (Fsp3) is 0.160. The van der Waals surface area contributed by atoms with Crippen LogP contribution in [-0.2, 0) is 9.59 Å².